The Morgan fingerprint density at radius 1 is 0.833 bits per heavy atom. The molecular formula is C18H28N4O2. The summed E-state index contributed by atoms with van der Waals surface area (Å²) in [6, 6.07) is 0. The second-order valence-corrected chi connectivity index (χ2v) is 5.82. The summed E-state index contributed by atoms with van der Waals surface area (Å²) >= 11 is 0. The first-order chi connectivity index (χ1) is 11.4. The van der Waals surface area contributed by atoms with Crippen molar-refractivity contribution in [3.63, 3.8) is 0 Å². The molecule has 132 valence electrons. The number of carbonyl (C=O) groups excluding carboxylic acids is 2. The van der Waals surface area contributed by atoms with Crippen molar-refractivity contribution >= 4 is 24.0 Å². The van der Waals surface area contributed by atoms with Gasteiger partial charge in [0.15, 0.2) is 11.6 Å². The molecule has 6 heteroatoms. The molecule has 1 aliphatic heterocycles. The summed E-state index contributed by atoms with van der Waals surface area (Å²) in [7, 11) is 0. The highest BCUT2D eigenvalue weighted by Crippen LogP contribution is 2.03. The van der Waals surface area contributed by atoms with Crippen LogP contribution in [0.4, 0.5) is 0 Å². The van der Waals surface area contributed by atoms with E-state index in [4.69, 9.17) is 0 Å². The Morgan fingerprint density at radius 3 is 1.62 bits per heavy atom. The lowest BCUT2D eigenvalue weighted by molar-refractivity contribution is -0.114. The molecule has 6 nitrogen and oxygen atoms in total. The quantitative estimate of drug-likeness (QED) is 0.808. The van der Waals surface area contributed by atoms with Gasteiger partial charge in [-0.25, -0.2) is 0 Å². The van der Waals surface area contributed by atoms with Crippen LogP contribution in [0.1, 0.15) is 40.5 Å². The number of hydrogen-bond donors (Lipinski definition) is 2. The van der Waals surface area contributed by atoms with E-state index in [0.29, 0.717) is 24.2 Å². The second-order valence-electron chi connectivity index (χ2n) is 5.82. The fourth-order valence-electron chi connectivity index (χ4n) is 2.30. The van der Waals surface area contributed by atoms with Gasteiger partial charge in [0.1, 0.15) is 0 Å². The van der Waals surface area contributed by atoms with Gasteiger partial charge in [0.2, 0.25) is 0 Å². The maximum absolute atomic E-state index is 11.7. The molecule has 0 spiro atoms. The van der Waals surface area contributed by atoms with Crippen LogP contribution >= 0.6 is 0 Å². The first-order valence-corrected chi connectivity index (χ1v) is 8.34. The molecular weight excluding hydrogens is 304 g/mol. The Kier molecular flexibility index (Phi) is 8.68. The van der Waals surface area contributed by atoms with E-state index in [9.17, 15) is 9.59 Å². The summed E-state index contributed by atoms with van der Waals surface area (Å²) in [4.78, 5) is 32.1. The number of nitrogens with zero attached hydrogens (tertiary/aromatic N) is 2. The maximum Gasteiger partial charge on any atom is 0.163 e. The number of nitrogens with one attached hydrogen (secondary N) is 2. The third-order valence-electron chi connectivity index (χ3n) is 3.72. The van der Waals surface area contributed by atoms with E-state index in [1.165, 1.54) is 0 Å². The molecule has 0 saturated carbocycles. The molecule has 0 radical (unpaired) electrons. The minimum Gasteiger partial charge on any atom is -0.388 e. The third kappa shape index (κ3) is 6.89. The lowest BCUT2D eigenvalue weighted by Crippen LogP contribution is -2.23. The average Bonchev–Trinajstić information content (AvgIpc) is 2.51. The van der Waals surface area contributed by atoms with Gasteiger partial charge in [-0.15, -0.1) is 0 Å². The summed E-state index contributed by atoms with van der Waals surface area (Å²) in [5.41, 5.74) is 2.92. The summed E-state index contributed by atoms with van der Waals surface area (Å²) in [6.07, 6.45) is 4.91. The fraction of sp³-hybridized carbons (Fsp3) is 0.556. The van der Waals surface area contributed by atoms with Crippen LogP contribution in [0.25, 0.3) is 0 Å². The largest absolute Gasteiger partial charge is 0.388 e. The summed E-state index contributed by atoms with van der Waals surface area (Å²) < 4.78 is 0. The van der Waals surface area contributed by atoms with E-state index in [-0.39, 0.29) is 11.6 Å². The number of aliphatic imine (C=N–C) groups is 2. The molecule has 0 bridgehead atoms. The second kappa shape index (κ2) is 10.5. The number of carbonyl (C=O) groups is 2. The zero-order valence-electron chi connectivity index (χ0n) is 15.1. The molecule has 1 rings (SSSR count). The van der Waals surface area contributed by atoms with Crippen LogP contribution in [0.15, 0.2) is 32.5 Å². The van der Waals surface area contributed by atoms with Crippen molar-refractivity contribution in [2.45, 2.75) is 40.5 Å². The molecule has 0 aromatic heterocycles. The molecule has 1 heterocycles. The molecule has 0 atom stereocenters. The van der Waals surface area contributed by atoms with Crippen LogP contribution < -0.4 is 10.6 Å². The minimum atomic E-state index is 0.00545. The van der Waals surface area contributed by atoms with Crippen LogP contribution in [-0.4, -0.2) is 50.2 Å². The molecule has 0 amide bonds. The smallest absolute Gasteiger partial charge is 0.163 e. The number of allylic oxidation sites excluding steroid dienone is 4. The Morgan fingerprint density at radius 2 is 1.25 bits per heavy atom. The highest BCUT2D eigenvalue weighted by atomic mass is 16.1. The Bertz CT molecular complexity index is 536. The van der Waals surface area contributed by atoms with E-state index < -0.39 is 0 Å². The van der Waals surface area contributed by atoms with E-state index in [2.05, 4.69) is 20.6 Å². The van der Waals surface area contributed by atoms with Crippen molar-refractivity contribution in [2.75, 3.05) is 26.2 Å². The number of Topliss-reactive ketones (excluding diaryl/α,β-unsaturated/α-hetero) is 2. The summed E-state index contributed by atoms with van der Waals surface area (Å²) in [5.74, 6) is 0.0109. The average molecular weight is 332 g/mol. The Balaban J connectivity index is 2.88. The maximum atomic E-state index is 11.7. The number of ketones is 2. The monoisotopic (exact) mass is 332 g/mol. The molecule has 0 saturated heterocycles. The molecule has 2 N–H and O–H groups in total. The van der Waals surface area contributed by atoms with E-state index in [1.807, 2.05) is 13.8 Å². The van der Waals surface area contributed by atoms with Crippen molar-refractivity contribution in [3.8, 4) is 0 Å². The van der Waals surface area contributed by atoms with Crippen molar-refractivity contribution < 1.29 is 9.59 Å². The van der Waals surface area contributed by atoms with Gasteiger partial charge < -0.3 is 10.6 Å². The third-order valence-corrected chi connectivity index (χ3v) is 3.72. The predicted octanol–water partition coefficient (Wildman–Crippen LogP) is 1.83. The van der Waals surface area contributed by atoms with Gasteiger partial charge in [-0.05, 0) is 40.5 Å². The first-order valence-electron chi connectivity index (χ1n) is 8.34. The molecule has 0 aromatic carbocycles. The summed E-state index contributed by atoms with van der Waals surface area (Å²) in [5, 5.41) is 6.53. The van der Waals surface area contributed by atoms with Crippen LogP contribution in [0.2, 0.25) is 0 Å². The molecule has 24 heavy (non-hydrogen) atoms. The van der Waals surface area contributed by atoms with Crippen molar-refractivity contribution in [1.29, 1.82) is 0 Å². The van der Waals surface area contributed by atoms with Crippen LogP contribution in [-0.2, 0) is 9.59 Å². The van der Waals surface area contributed by atoms with Gasteiger partial charge in [0.05, 0.1) is 11.1 Å². The topological polar surface area (TPSA) is 82.9 Å². The standard InChI is InChI=1S/C18H28N4O2/c1-13-17(15(3)23)11-19-7-5-8-20-12-18(16(4)24)14(2)22-10-6-9-21-13/h11-12,21-22H,5-10H2,1-4H3/b17-13+,18-14+,19-11?,20-12?. The SMILES string of the molecule is CC(=O)/C1=C(\C)NCCCN/C(C)=C(/C(C)=O)C=NCCCN=C1. The lowest BCUT2D eigenvalue weighted by atomic mass is 10.1. The number of rotatable bonds is 2. The molecule has 0 fully saturated rings. The highest BCUT2D eigenvalue weighted by molar-refractivity contribution is 6.13. The zero-order valence-corrected chi connectivity index (χ0v) is 15.1. The highest BCUT2D eigenvalue weighted by Gasteiger charge is 2.07. The van der Waals surface area contributed by atoms with E-state index in [1.54, 1.807) is 26.3 Å². The first kappa shape index (κ1) is 19.8. The zero-order chi connectivity index (χ0) is 17.9. The fourth-order valence-corrected chi connectivity index (χ4v) is 2.30. The molecule has 1 aliphatic rings. The van der Waals surface area contributed by atoms with Crippen molar-refractivity contribution in [3.05, 3.63) is 22.5 Å². The number of hydrogen-bond acceptors (Lipinski definition) is 6. The summed E-state index contributed by atoms with van der Waals surface area (Å²) in [6.45, 7) is 9.55. The van der Waals surface area contributed by atoms with Gasteiger partial charge in [0.25, 0.3) is 0 Å². The Hall–Kier alpha value is -2.24. The van der Waals surface area contributed by atoms with Gasteiger partial charge in [-0.2, -0.15) is 0 Å². The van der Waals surface area contributed by atoms with Crippen LogP contribution in [0.3, 0.4) is 0 Å². The predicted molar refractivity (Wildman–Crippen MR) is 98.7 cm³/mol. The van der Waals surface area contributed by atoms with Gasteiger partial charge in [-0.1, -0.05) is 0 Å². The van der Waals surface area contributed by atoms with E-state index in [0.717, 1.165) is 37.3 Å². The molecule has 0 aliphatic carbocycles. The minimum absolute atomic E-state index is 0.00545. The Labute approximate surface area is 144 Å². The van der Waals surface area contributed by atoms with Crippen molar-refractivity contribution in [1.82, 2.24) is 10.6 Å². The van der Waals surface area contributed by atoms with Crippen LogP contribution in [0.5, 0.6) is 0 Å². The normalized spacial score (nSPS) is 24.2. The molecule has 0 aromatic rings. The lowest BCUT2D eigenvalue weighted by Gasteiger charge is -2.12. The van der Waals surface area contributed by atoms with Crippen molar-refractivity contribution in [2.24, 2.45) is 9.98 Å². The van der Waals surface area contributed by atoms with Crippen LogP contribution in [0, 0.1) is 0 Å². The van der Waals surface area contributed by atoms with Gasteiger partial charge >= 0.3 is 0 Å². The molecule has 0 unspecified atom stereocenters. The van der Waals surface area contributed by atoms with Gasteiger partial charge in [0, 0.05) is 50.0 Å². The van der Waals surface area contributed by atoms with E-state index >= 15 is 0 Å². The van der Waals surface area contributed by atoms with Gasteiger partial charge in [-0.3, -0.25) is 19.6 Å².